The second-order valence-electron chi connectivity index (χ2n) is 32.3. The summed E-state index contributed by atoms with van der Waals surface area (Å²) in [7, 11) is 4.47. The number of hydrogen-bond donors (Lipinski definition) is 0. The van der Waals surface area contributed by atoms with E-state index >= 15 is 0 Å². The maximum absolute atomic E-state index is 2.75. The summed E-state index contributed by atoms with van der Waals surface area (Å²) in [5.74, 6) is 3.20. The van der Waals surface area contributed by atoms with Gasteiger partial charge in [0.1, 0.15) is 57.6 Å². The molecule has 0 aromatic heterocycles. The molecule has 6 aliphatic heterocycles. The van der Waals surface area contributed by atoms with Crippen LogP contribution < -0.4 is 0 Å². The van der Waals surface area contributed by atoms with Crippen molar-refractivity contribution in [2.24, 2.45) is 23.7 Å². The highest BCUT2D eigenvalue weighted by atomic mass is 15.6. The zero-order chi connectivity index (χ0) is 66.1. The maximum Gasteiger partial charge on any atom is 0.135 e. The van der Waals surface area contributed by atoms with Gasteiger partial charge in [0, 0.05) is 32.6 Å². The van der Waals surface area contributed by atoms with Gasteiger partial charge in [-0.1, -0.05) is 95.9 Å². The van der Waals surface area contributed by atoms with E-state index in [0.717, 1.165) is 47.8 Å². The molecule has 12 nitrogen and oxygen atoms in total. The molecule has 6 heterocycles. The molecule has 0 radical (unpaired) electrons. The minimum atomic E-state index is 0.395. The summed E-state index contributed by atoms with van der Waals surface area (Å²) in [6.07, 6.45) is 8.08. The normalized spacial score (nSPS) is 26.4. The van der Waals surface area contributed by atoms with Gasteiger partial charge >= 0.3 is 0 Å². The van der Waals surface area contributed by atoms with Gasteiger partial charge in [-0.3, -0.25) is 14.7 Å². The van der Waals surface area contributed by atoms with Crippen LogP contribution >= 0.6 is 0 Å². The maximum atomic E-state index is 2.75. The minimum absolute atomic E-state index is 0.395. The Morgan fingerprint density at radius 2 is 0.779 bits per heavy atom. The molecule has 0 saturated carbocycles. The molecule has 0 aromatic carbocycles. The first-order chi connectivity index (χ1) is 40.2. The van der Waals surface area contributed by atoms with E-state index in [1.165, 1.54) is 249 Å². The predicted molar refractivity (Wildman–Crippen MR) is 382 cm³/mol. The fourth-order valence-electron chi connectivity index (χ4n) is 17.5. The number of hydrogen-bond acceptors (Lipinski definition) is 6. The molecular formula is C74H166N12+6. The second kappa shape index (κ2) is 38.6. The molecule has 4 atom stereocenters. The van der Waals surface area contributed by atoms with Crippen LogP contribution in [0.1, 0.15) is 232 Å². The monoisotopic (exact) mass is 1220 g/mol. The van der Waals surface area contributed by atoms with Crippen LogP contribution in [0.4, 0.5) is 0 Å². The van der Waals surface area contributed by atoms with Crippen molar-refractivity contribution in [2.75, 3.05) is 198 Å². The molecular weight excluding hydrogens is 1060 g/mol. The zero-order valence-electron chi connectivity index (χ0n) is 65.0. The SMILES string of the molecule is CCC1CN(CC(C)C)C[N+]1(CC)CC.CCC1C[N+](CC)(CC)CN1CC(C)C.CCCC1CN(CC(C)C)C[N+]1(CC)CC.CCCC1C[N+](CC)(CC)CN1CC(C)C.CC[N+]1(CC)CN(C)C(C)(C)C1.CC[N+]1(CC)CN(C)CC1(C)C. The highest BCUT2D eigenvalue weighted by Gasteiger charge is 2.49. The third-order valence-electron chi connectivity index (χ3n) is 23.8. The molecule has 6 fully saturated rings. The van der Waals surface area contributed by atoms with E-state index in [-0.39, 0.29) is 0 Å². The van der Waals surface area contributed by atoms with E-state index in [1.54, 1.807) is 0 Å². The summed E-state index contributed by atoms with van der Waals surface area (Å²) in [4.78, 5) is 15.8. The second-order valence-corrected chi connectivity index (χ2v) is 32.3. The van der Waals surface area contributed by atoms with Gasteiger partial charge in [0.2, 0.25) is 0 Å². The standard InChI is InChI=1S/2C14H31N2.2C13H29N2.2C10H23N2/c1-6-9-14-11-16(7-2,8-3)12-15(14)10-13(4)5;1-6-9-14-11-15(10-13(4)5)12-16(14,7-2)8-3;1-6-13-10-15(7-2,8-3)11-14(13)9-12(4)5;1-6-13-10-14(9-12(4)5)11-15(13,7-2)8-3;1-6-12(7-2)8-10(3,4)11(5)9-12;1-6-12(7-2)9-11(5)8-10(12,3)4/h2*13-14H,6-12H2,1-5H3;2*12-13H,6-11H2,1-5H3;2*6-9H2,1-5H3/q6*+1. The van der Waals surface area contributed by atoms with E-state index < -0.39 is 0 Å². The van der Waals surface area contributed by atoms with E-state index in [0.29, 0.717) is 11.1 Å². The molecule has 4 unspecified atom stereocenters. The summed E-state index contributed by atoms with van der Waals surface area (Å²) in [5, 5.41) is 0. The van der Waals surface area contributed by atoms with Crippen LogP contribution in [0.2, 0.25) is 0 Å². The van der Waals surface area contributed by atoms with Crippen LogP contribution in [0.15, 0.2) is 0 Å². The Bertz CT molecular complexity index is 1720. The van der Waals surface area contributed by atoms with Crippen molar-refractivity contribution in [3.63, 3.8) is 0 Å². The smallest absolute Gasteiger partial charge is 0.135 e. The van der Waals surface area contributed by atoms with Crippen LogP contribution in [0.3, 0.4) is 0 Å². The van der Waals surface area contributed by atoms with Crippen molar-refractivity contribution < 1.29 is 26.9 Å². The Kier molecular flexibility index (Phi) is 37.5. The molecule has 0 amide bonds. The molecule has 12 heteroatoms. The highest BCUT2D eigenvalue weighted by molar-refractivity contribution is 4.83. The van der Waals surface area contributed by atoms with Crippen molar-refractivity contribution in [3.8, 4) is 0 Å². The van der Waals surface area contributed by atoms with Crippen molar-refractivity contribution in [1.82, 2.24) is 29.4 Å². The van der Waals surface area contributed by atoms with Crippen molar-refractivity contribution >= 4 is 0 Å². The molecule has 0 bridgehead atoms. The zero-order valence-corrected chi connectivity index (χ0v) is 65.0. The molecule has 0 aliphatic carbocycles. The van der Waals surface area contributed by atoms with Crippen LogP contribution in [-0.4, -0.2) is 290 Å². The summed E-state index contributed by atoms with van der Waals surface area (Å²) in [6.45, 7) is 102. The van der Waals surface area contributed by atoms with Gasteiger partial charge in [0.05, 0.1) is 135 Å². The number of rotatable bonds is 26. The summed E-state index contributed by atoms with van der Waals surface area (Å²) >= 11 is 0. The van der Waals surface area contributed by atoms with Gasteiger partial charge < -0.3 is 26.9 Å². The van der Waals surface area contributed by atoms with E-state index in [2.05, 4.69) is 237 Å². The molecule has 0 spiro atoms. The van der Waals surface area contributed by atoms with Gasteiger partial charge in [-0.25, -0.2) is 14.7 Å². The summed E-state index contributed by atoms with van der Waals surface area (Å²) in [6, 6.07) is 3.43. The fourth-order valence-corrected chi connectivity index (χ4v) is 17.5. The van der Waals surface area contributed by atoms with Gasteiger partial charge in [-0.05, 0) is 168 Å². The van der Waals surface area contributed by atoms with Crippen molar-refractivity contribution in [3.05, 3.63) is 0 Å². The Morgan fingerprint density at radius 3 is 1.05 bits per heavy atom. The van der Waals surface area contributed by atoms with Crippen LogP contribution in [0.25, 0.3) is 0 Å². The average molecular weight is 1220 g/mol. The van der Waals surface area contributed by atoms with Gasteiger partial charge in [0.25, 0.3) is 0 Å². The predicted octanol–water partition coefficient (Wildman–Crippen LogP) is 14.0. The molecule has 6 saturated heterocycles. The van der Waals surface area contributed by atoms with Gasteiger partial charge in [-0.15, -0.1) is 0 Å². The Hall–Kier alpha value is -0.480. The van der Waals surface area contributed by atoms with Crippen LogP contribution in [0, 0.1) is 23.7 Å². The minimum Gasteiger partial charge on any atom is -0.310 e. The first kappa shape index (κ1) is 83.5. The van der Waals surface area contributed by atoms with Crippen LogP contribution in [0.5, 0.6) is 0 Å². The summed E-state index contributed by atoms with van der Waals surface area (Å²) in [5.41, 5.74) is 0.838. The molecule has 6 rings (SSSR count). The lowest BCUT2D eigenvalue weighted by atomic mass is 10.0. The Balaban J connectivity index is 0.000000518. The fraction of sp³-hybridized carbons (Fsp3) is 1.00. The molecule has 516 valence electrons. The molecule has 86 heavy (non-hydrogen) atoms. The van der Waals surface area contributed by atoms with E-state index in [9.17, 15) is 0 Å². The first-order valence-electron chi connectivity index (χ1n) is 37.7. The number of quaternary nitrogens is 6. The van der Waals surface area contributed by atoms with Crippen LogP contribution in [-0.2, 0) is 0 Å². The lowest BCUT2D eigenvalue weighted by Gasteiger charge is -2.43. The lowest BCUT2D eigenvalue weighted by molar-refractivity contribution is -0.959. The number of nitrogens with zero attached hydrogens (tertiary/aromatic N) is 12. The van der Waals surface area contributed by atoms with E-state index in [4.69, 9.17) is 0 Å². The first-order valence-corrected chi connectivity index (χ1v) is 37.7. The van der Waals surface area contributed by atoms with Crippen molar-refractivity contribution in [1.29, 1.82) is 0 Å². The van der Waals surface area contributed by atoms with Crippen molar-refractivity contribution in [2.45, 2.75) is 268 Å². The quantitative estimate of drug-likeness (QED) is 0.0799. The molecule has 6 aliphatic rings. The Labute approximate surface area is 543 Å². The lowest BCUT2D eigenvalue weighted by Crippen LogP contribution is -2.58. The molecule has 0 N–H and O–H groups in total. The van der Waals surface area contributed by atoms with Gasteiger partial charge in [0.15, 0.2) is 0 Å². The topological polar surface area (TPSA) is 19.4 Å². The summed E-state index contributed by atoms with van der Waals surface area (Å²) < 4.78 is 7.80. The number of likely N-dealkylation sites (N-methyl/N-ethyl adjacent to an activating group) is 8. The average Bonchev–Trinajstić information content (AvgIpc) is 2.01. The largest absolute Gasteiger partial charge is 0.310 e. The van der Waals surface area contributed by atoms with Gasteiger partial charge in [-0.2, -0.15) is 0 Å². The molecule has 0 aromatic rings. The third-order valence-corrected chi connectivity index (χ3v) is 23.8. The van der Waals surface area contributed by atoms with E-state index in [1.807, 2.05) is 0 Å². The Morgan fingerprint density at radius 1 is 0.395 bits per heavy atom. The third kappa shape index (κ3) is 23.5. The highest BCUT2D eigenvalue weighted by Crippen LogP contribution is 2.33.